The summed E-state index contributed by atoms with van der Waals surface area (Å²) < 4.78 is 20.0. The molecule has 1 fully saturated rings. The Labute approximate surface area is 212 Å². The van der Waals surface area contributed by atoms with E-state index in [0.29, 0.717) is 18.0 Å². The summed E-state index contributed by atoms with van der Waals surface area (Å²) >= 11 is 1.66. The fraction of sp³-hybridized carbons (Fsp3) is 0.393. The molecule has 0 spiro atoms. The second-order valence-electron chi connectivity index (χ2n) is 9.02. The van der Waals surface area contributed by atoms with Gasteiger partial charge in [-0.05, 0) is 80.5 Å². The summed E-state index contributed by atoms with van der Waals surface area (Å²) in [5.41, 5.74) is 5.98. The number of hydrogen-bond acceptors (Lipinski definition) is 4. The lowest BCUT2D eigenvalue weighted by atomic mass is 9.95. The van der Waals surface area contributed by atoms with Crippen LogP contribution in [0.2, 0.25) is 0 Å². The van der Waals surface area contributed by atoms with Gasteiger partial charge < -0.3 is 9.64 Å². The normalized spacial score (nSPS) is 13.7. The molecule has 3 nitrogen and oxygen atoms in total. The minimum atomic E-state index is -0.172. The van der Waals surface area contributed by atoms with Crippen molar-refractivity contribution in [1.29, 1.82) is 0 Å². The van der Waals surface area contributed by atoms with Gasteiger partial charge in [-0.2, -0.15) is 0 Å². The van der Waals surface area contributed by atoms with Crippen LogP contribution < -0.4 is 9.64 Å². The van der Waals surface area contributed by atoms with Gasteiger partial charge in [-0.25, -0.2) is 9.37 Å². The molecule has 0 bridgehead atoms. The minimum Gasteiger partial charge on any atom is -0.496 e. The van der Waals surface area contributed by atoms with E-state index < -0.39 is 0 Å². The third kappa shape index (κ3) is 5.24. The standard InChI is InChI=1S/C28H31FN2OS.ClH/c1-7-13-31(25(16-21-11-12-21)22-9-8-10-24(29)19(22)4)28-30-27(20(5)33-28)23-14-18(3)26(32-6)15-17(23)2;/h1,8-10,14-15,21,25H,11-13,16H2,2-6H3;1H/t25-;/m0./s1. The van der Waals surface area contributed by atoms with Crippen molar-refractivity contribution in [2.24, 2.45) is 5.92 Å². The smallest absolute Gasteiger partial charge is 0.187 e. The van der Waals surface area contributed by atoms with Crippen molar-refractivity contribution in [2.45, 2.75) is 53.0 Å². The molecule has 0 aliphatic heterocycles. The van der Waals surface area contributed by atoms with Gasteiger partial charge in [-0.15, -0.1) is 30.2 Å². The molecule has 180 valence electrons. The summed E-state index contributed by atoms with van der Waals surface area (Å²) in [6.45, 7) is 8.53. The van der Waals surface area contributed by atoms with Crippen molar-refractivity contribution in [3.05, 3.63) is 63.3 Å². The first kappa shape index (κ1) is 26.1. The molecule has 0 radical (unpaired) electrons. The van der Waals surface area contributed by atoms with E-state index in [0.717, 1.165) is 50.1 Å². The highest BCUT2D eigenvalue weighted by Crippen LogP contribution is 2.44. The van der Waals surface area contributed by atoms with Crippen molar-refractivity contribution in [3.8, 4) is 29.4 Å². The first-order chi connectivity index (χ1) is 15.8. The minimum absolute atomic E-state index is 0. The molecule has 2 aromatic carbocycles. The largest absolute Gasteiger partial charge is 0.496 e. The average Bonchev–Trinajstić information content (AvgIpc) is 3.53. The average molecular weight is 499 g/mol. The number of thiazole rings is 1. The maximum Gasteiger partial charge on any atom is 0.187 e. The van der Waals surface area contributed by atoms with Gasteiger partial charge in [-0.3, -0.25) is 0 Å². The number of rotatable bonds is 8. The van der Waals surface area contributed by atoms with Crippen molar-refractivity contribution >= 4 is 28.9 Å². The van der Waals surface area contributed by atoms with E-state index in [2.05, 4.69) is 36.8 Å². The molecule has 0 N–H and O–H groups in total. The molecule has 0 unspecified atom stereocenters. The molecule has 3 aromatic rings. The quantitative estimate of drug-likeness (QED) is 0.299. The Bertz CT molecular complexity index is 1210. The van der Waals surface area contributed by atoms with Crippen LogP contribution in [0.15, 0.2) is 30.3 Å². The number of aromatic nitrogens is 1. The van der Waals surface area contributed by atoms with Gasteiger partial charge in [0.25, 0.3) is 0 Å². The molecule has 1 aliphatic carbocycles. The van der Waals surface area contributed by atoms with Gasteiger partial charge in [0.2, 0.25) is 0 Å². The fourth-order valence-electron chi connectivity index (χ4n) is 4.51. The van der Waals surface area contributed by atoms with Gasteiger partial charge in [0.15, 0.2) is 5.13 Å². The molecule has 34 heavy (non-hydrogen) atoms. The van der Waals surface area contributed by atoms with Gasteiger partial charge in [-0.1, -0.05) is 30.9 Å². The van der Waals surface area contributed by atoms with E-state index in [-0.39, 0.29) is 24.3 Å². The predicted octanol–water partition coefficient (Wildman–Crippen LogP) is 7.59. The van der Waals surface area contributed by atoms with Gasteiger partial charge >= 0.3 is 0 Å². The number of benzene rings is 2. The predicted molar refractivity (Wildman–Crippen MR) is 143 cm³/mol. The first-order valence-electron chi connectivity index (χ1n) is 11.4. The molecule has 0 saturated heterocycles. The van der Waals surface area contributed by atoms with Crippen molar-refractivity contribution in [1.82, 2.24) is 4.98 Å². The number of methoxy groups -OCH3 is 1. The van der Waals surface area contributed by atoms with Crippen molar-refractivity contribution in [3.63, 3.8) is 0 Å². The van der Waals surface area contributed by atoms with E-state index in [1.54, 1.807) is 24.5 Å². The number of nitrogens with zero attached hydrogens (tertiary/aromatic N) is 2. The Balaban J connectivity index is 0.00000324. The highest BCUT2D eigenvalue weighted by molar-refractivity contribution is 7.16. The molecule has 1 atom stereocenters. The number of hydrogen-bond donors (Lipinski definition) is 0. The van der Waals surface area contributed by atoms with Gasteiger partial charge in [0.1, 0.15) is 11.6 Å². The van der Waals surface area contributed by atoms with Crippen LogP contribution in [-0.2, 0) is 0 Å². The molecule has 1 saturated carbocycles. The molecular weight excluding hydrogens is 467 g/mol. The highest BCUT2D eigenvalue weighted by atomic mass is 35.5. The molecule has 0 amide bonds. The number of ether oxygens (including phenoxy) is 1. The van der Waals surface area contributed by atoms with Crippen LogP contribution in [-0.4, -0.2) is 18.6 Å². The van der Waals surface area contributed by atoms with Crippen LogP contribution in [0.25, 0.3) is 11.3 Å². The van der Waals surface area contributed by atoms with Crippen LogP contribution in [0.1, 0.15) is 52.4 Å². The number of halogens is 2. The number of aryl methyl sites for hydroxylation is 3. The summed E-state index contributed by atoms with van der Waals surface area (Å²) in [5.74, 6) is 4.20. The summed E-state index contributed by atoms with van der Waals surface area (Å²) in [6.07, 6.45) is 9.23. The first-order valence-corrected chi connectivity index (χ1v) is 12.2. The lowest BCUT2D eigenvalue weighted by Crippen LogP contribution is -2.30. The Kier molecular flexibility index (Phi) is 8.28. The SMILES string of the molecule is C#CCN(c1nc(-c2cc(C)c(OC)cc2C)c(C)s1)[C@@H](CC1CC1)c1cccc(F)c1C.Cl. The lowest BCUT2D eigenvalue weighted by Gasteiger charge is -2.32. The molecule has 1 heterocycles. The van der Waals surface area contributed by atoms with E-state index >= 15 is 0 Å². The lowest BCUT2D eigenvalue weighted by molar-refractivity contribution is 0.411. The zero-order valence-corrected chi connectivity index (χ0v) is 22.1. The third-order valence-electron chi connectivity index (χ3n) is 6.59. The van der Waals surface area contributed by atoms with Crippen molar-refractivity contribution in [2.75, 3.05) is 18.6 Å². The van der Waals surface area contributed by atoms with Gasteiger partial charge in [0, 0.05) is 10.4 Å². The molecule has 6 heteroatoms. The molecule has 1 aromatic heterocycles. The maximum atomic E-state index is 14.5. The molecular formula is C28H32ClFN2OS. The summed E-state index contributed by atoms with van der Waals surface area (Å²) in [5, 5.41) is 0.891. The van der Waals surface area contributed by atoms with Crippen LogP contribution >= 0.6 is 23.7 Å². The molecule has 1 aliphatic rings. The van der Waals surface area contributed by atoms with Crippen LogP contribution in [0, 0.1) is 51.8 Å². The van der Waals surface area contributed by atoms with E-state index in [9.17, 15) is 4.39 Å². The fourth-order valence-corrected chi connectivity index (χ4v) is 5.48. The third-order valence-corrected chi connectivity index (χ3v) is 7.60. The summed E-state index contributed by atoms with van der Waals surface area (Å²) in [6, 6.07) is 9.57. The number of terminal acetylenes is 1. The Morgan fingerprint density at radius 1 is 1.21 bits per heavy atom. The second kappa shape index (κ2) is 10.8. The number of anilines is 1. The highest BCUT2D eigenvalue weighted by Gasteiger charge is 2.32. The zero-order valence-electron chi connectivity index (χ0n) is 20.4. The van der Waals surface area contributed by atoms with Crippen molar-refractivity contribution < 1.29 is 9.13 Å². The van der Waals surface area contributed by atoms with E-state index in [4.69, 9.17) is 16.1 Å². The Morgan fingerprint density at radius 2 is 1.94 bits per heavy atom. The Morgan fingerprint density at radius 3 is 2.59 bits per heavy atom. The van der Waals surface area contributed by atoms with E-state index in [1.807, 2.05) is 19.9 Å². The monoisotopic (exact) mass is 498 g/mol. The molecule has 4 rings (SSSR count). The summed E-state index contributed by atoms with van der Waals surface area (Å²) in [4.78, 5) is 8.44. The zero-order chi connectivity index (χ0) is 23.7. The second-order valence-corrected chi connectivity index (χ2v) is 10.2. The van der Waals surface area contributed by atoms with Crippen LogP contribution in [0.3, 0.4) is 0 Å². The van der Waals surface area contributed by atoms with E-state index in [1.165, 1.54) is 18.9 Å². The van der Waals surface area contributed by atoms with Crippen LogP contribution in [0.5, 0.6) is 5.75 Å². The topological polar surface area (TPSA) is 25.4 Å². The van der Waals surface area contributed by atoms with Crippen LogP contribution in [0.4, 0.5) is 9.52 Å². The Hall–Kier alpha value is -2.55. The van der Waals surface area contributed by atoms with Gasteiger partial charge in [0.05, 0.1) is 25.4 Å². The maximum absolute atomic E-state index is 14.5. The summed E-state index contributed by atoms with van der Waals surface area (Å²) in [7, 11) is 1.69.